The maximum absolute atomic E-state index is 5.77. The second-order valence-electron chi connectivity index (χ2n) is 5.26. The standard InChI is InChI=1S/C14H29NO/c1-13(15-2)8-6-7-11-16-12-14-9-4-3-5-10-14/h13-15H,3-12H2,1-2H3. The summed E-state index contributed by atoms with van der Waals surface area (Å²) >= 11 is 0. The van der Waals surface area contributed by atoms with E-state index >= 15 is 0 Å². The van der Waals surface area contributed by atoms with Crippen molar-refractivity contribution >= 4 is 0 Å². The van der Waals surface area contributed by atoms with E-state index in [2.05, 4.69) is 12.2 Å². The molecule has 1 fully saturated rings. The average molecular weight is 227 g/mol. The Morgan fingerprint density at radius 2 is 1.94 bits per heavy atom. The van der Waals surface area contributed by atoms with Gasteiger partial charge in [-0.2, -0.15) is 0 Å². The van der Waals surface area contributed by atoms with Gasteiger partial charge in [-0.3, -0.25) is 0 Å². The largest absolute Gasteiger partial charge is 0.381 e. The van der Waals surface area contributed by atoms with E-state index in [-0.39, 0.29) is 0 Å². The molecule has 0 spiro atoms. The molecule has 2 nitrogen and oxygen atoms in total. The van der Waals surface area contributed by atoms with Crippen molar-refractivity contribution in [3.8, 4) is 0 Å². The fourth-order valence-electron chi connectivity index (χ4n) is 2.40. The molecule has 0 aliphatic heterocycles. The van der Waals surface area contributed by atoms with Crippen LogP contribution in [0.25, 0.3) is 0 Å². The Morgan fingerprint density at radius 3 is 2.62 bits per heavy atom. The van der Waals surface area contributed by atoms with Gasteiger partial charge in [0.25, 0.3) is 0 Å². The lowest BCUT2D eigenvalue weighted by Gasteiger charge is -2.21. The monoisotopic (exact) mass is 227 g/mol. The van der Waals surface area contributed by atoms with E-state index in [1.54, 1.807) is 0 Å². The van der Waals surface area contributed by atoms with E-state index in [0.29, 0.717) is 6.04 Å². The van der Waals surface area contributed by atoms with Crippen LogP contribution in [0.5, 0.6) is 0 Å². The average Bonchev–Trinajstić information content (AvgIpc) is 2.34. The Balaban J connectivity index is 1.84. The normalized spacial score (nSPS) is 19.9. The fourth-order valence-corrected chi connectivity index (χ4v) is 2.40. The van der Waals surface area contributed by atoms with Crippen molar-refractivity contribution in [2.24, 2.45) is 5.92 Å². The van der Waals surface area contributed by atoms with Crippen LogP contribution < -0.4 is 5.32 Å². The third-order valence-corrected chi connectivity index (χ3v) is 3.75. The molecule has 0 aromatic heterocycles. The van der Waals surface area contributed by atoms with Crippen molar-refractivity contribution < 1.29 is 4.74 Å². The van der Waals surface area contributed by atoms with E-state index in [9.17, 15) is 0 Å². The van der Waals surface area contributed by atoms with Crippen LogP contribution in [0.3, 0.4) is 0 Å². The minimum atomic E-state index is 0.651. The molecule has 0 aromatic rings. The van der Waals surface area contributed by atoms with Crippen molar-refractivity contribution in [3.63, 3.8) is 0 Å². The quantitative estimate of drug-likeness (QED) is 0.642. The predicted molar refractivity (Wildman–Crippen MR) is 69.8 cm³/mol. The fraction of sp³-hybridized carbons (Fsp3) is 1.00. The zero-order chi connectivity index (χ0) is 11.6. The van der Waals surface area contributed by atoms with E-state index in [1.165, 1.54) is 51.4 Å². The van der Waals surface area contributed by atoms with Gasteiger partial charge in [-0.05, 0) is 52.0 Å². The third kappa shape index (κ3) is 6.49. The maximum atomic E-state index is 5.77. The highest BCUT2D eigenvalue weighted by molar-refractivity contribution is 4.64. The first-order chi connectivity index (χ1) is 7.83. The van der Waals surface area contributed by atoms with Crippen LogP contribution in [-0.4, -0.2) is 26.3 Å². The molecule has 1 N–H and O–H groups in total. The van der Waals surface area contributed by atoms with Crippen molar-refractivity contribution in [2.75, 3.05) is 20.3 Å². The molecule has 1 saturated carbocycles. The lowest BCUT2D eigenvalue weighted by molar-refractivity contribution is 0.0822. The van der Waals surface area contributed by atoms with E-state index in [1.807, 2.05) is 7.05 Å². The van der Waals surface area contributed by atoms with E-state index in [0.717, 1.165) is 19.1 Å². The Morgan fingerprint density at radius 1 is 1.19 bits per heavy atom. The van der Waals surface area contributed by atoms with Crippen molar-refractivity contribution in [1.29, 1.82) is 0 Å². The minimum absolute atomic E-state index is 0.651. The summed E-state index contributed by atoms with van der Waals surface area (Å²) in [4.78, 5) is 0. The van der Waals surface area contributed by atoms with Crippen LogP contribution in [0.15, 0.2) is 0 Å². The Bertz CT molecular complexity index is 155. The number of hydrogen-bond donors (Lipinski definition) is 1. The number of hydrogen-bond acceptors (Lipinski definition) is 2. The highest BCUT2D eigenvalue weighted by atomic mass is 16.5. The first kappa shape index (κ1) is 14.0. The molecule has 1 unspecified atom stereocenters. The molecular formula is C14H29NO. The third-order valence-electron chi connectivity index (χ3n) is 3.75. The molecule has 0 amide bonds. The van der Waals surface area contributed by atoms with Gasteiger partial charge in [-0.1, -0.05) is 19.3 Å². The molecule has 1 atom stereocenters. The van der Waals surface area contributed by atoms with Crippen molar-refractivity contribution in [3.05, 3.63) is 0 Å². The lowest BCUT2D eigenvalue weighted by Crippen LogP contribution is -2.20. The summed E-state index contributed by atoms with van der Waals surface area (Å²) in [6, 6.07) is 0.651. The predicted octanol–water partition coefficient (Wildman–Crippen LogP) is 3.36. The second-order valence-corrected chi connectivity index (χ2v) is 5.26. The number of nitrogens with one attached hydrogen (secondary N) is 1. The van der Waals surface area contributed by atoms with Crippen LogP contribution in [0.1, 0.15) is 58.3 Å². The van der Waals surface area contributed by atoms with Gasteiger partial charge in [0.2, 0.25) is 0 Å². The maximum Gasteiger partial charge on any atom is 0.0494 e. The van der Waals surface area contributed by atoms with Gasteiger partial charge in [0.15, 0.2) is 0 Å². The summed E-state index contributed by atoms with van der Waals surface area (Å²) in [5, 5.41) is 3.27. The minimum Gasteiger partial charge on any atom is -0.381 e. The summed E-state index contributed by atoms with van der Waals surface area (Å²) in [5.41, 5.74) is 0. The van der Waals surface area contributed by atoms with Crippen LogP contribution in [0.4, 0.5) is 0 Å². The van der Waals surface area contributed by atoms with Gasteiger partial charge in [-0.25, -0.2) is 0 Å². The summed E-state index contributed by atoms with van der Waals surface area (Å²) in [6.07, 6.45) is 10.9. The highest BCUT2D eigenvalue weighted by Crippen LogP contribution is 2.23. The summed E-state index contributed by atoms with van der Waals surface area (Å²) in [5.74, 6) is 0.866. The van der Waals surface area contributed by atoms with Gasteiger partial charge < -0.3 is 10.1 Å². The van der Waals surface area contributed by atoms with E-state index < -0.39 is 0 Å². The van der Waals surface area contributed by atoms with Crippen molar-refractivity contribution in [2.45, 2.75) is 64.3 Å². The van der Waals surface area contributed by atoms with E-state index in [4.69, 9.17) is 4.74 Å². The SMILES string of the molecule is CNC(C)CCCCOCC1CCCCC1. The Labute approximate surface area is 101 Å². The second kappa shape index (κ2) is 9.00. The number of unbranched alkanes of at least 4 members (excludes halogenated alkanes) is 1. The van der Waals surface area contributed by atoms with Gasteiger partial charge in [0, 0.05) is 19.3 Å². The number of ether oxygens (including phenoxy) is 1. The Hall–Kier alpha value is -0.0800. The zero-order valence-corrected chi connectivity index (χ0v) is 11.1. The van der Waals surface area contributed by atoms with Crippen molar-refractivity contribution in [1.82, 2.24) is 5.32 Å². The van der Waals surface area contributed by atoms with Crippen LogP contribution >= 0.6 is 0 Å². The Kier molecular flexibility index (Phi) is 7.87. The molecule has 1 aliphatic carbocycles. The van der Waals surface area contributed by atoms with Crippen LogP contribution in [0.2, 0.25) is 0 Å². The highest BCUT2D eigenvalue weighted by Gasteiger charge is 2.12. The van der Waals surface area contributed by atoms with Crippen LogP contribution in [-0.2, 0) is 4.74 Å². The molecule has 0 heterocycles. The molecule has 1 aliphatic rings. The molecule has 0 bridgehead atoms. The zero-order valence-electron chi connectivity index (χ0n) is 11.1. The van der Waals surface area contributed by atoms with Gasteiger partial charge >= 0.3 is 0 Å². The van der Waals surface area contributed by atoms with Gasteiger partial charge in [-0.15, -0.1) is 0 Å². The molecule has 0 saturated heterocycles. The van der Waals surface area contributed by atoms with Gasteiger partial charge in [0.05, 0.1) is 0 Å². The molecule has 2 heteroatoms. The lowest BCUT2D eigenvalue weighted by atomic mass is 9.90. The van der Waals surface area contributed by atoms with Crippen LogP contribution in [0, 0.1) is 5.92 Å². The van der Waals surface area contributed by atoms with Gasteiger partial charge in [0.1, 0.15) is 0 Å². The first-order valence-corrected chi connectivity index (χ1v) is 7.08. The molecule has 0 aromatic carbocycles. The summed E-state index contributed by atoms with van der Waals surface area (Å²) < 4.78 is 5.77. The topological polar surface area (TPSA) is 21.3 Å². The molecule has 1 rings (SSSR count). The summed E-state index contributed by atoms with van der Waals surface area (Å²) in [6.45, 7) is 4.22. The molecular weight excluding hydrogens is 198 g/mol. The molecule has 16 heavy (non-hydrogen) atoms. The first-order valence-electron chi connectivity index (χ1n) is 7.08. The molecule has 0 radical (unpaired) electrons. The number of rotatable bonds is 8. The molecule has 96 valence electrons. The smallest absolute Gasteiger partial charge is 0.0494 e. The summed E-state index contributed by atoms with van der Waals surface area (Å²) in [7, 11) is 2.03.